The van der Waals surface area contributed by atoms with E-state index in [-0.39, 0.29) is 13.0 Å². The zero-order valence-corrected chi connectivity index (χ0v) is 17.9. The number of hydrogen-bond donors (Lipinski definition) is 1. The molecule has 0 unspecified atom stereocenters. The van der Waals surface area contributed by atoms with Gasteiger partial charge in [0.15, 0.2) is 0 Å². The van der Waals surface area contributed by atoms with Crippen LogP contribution in [0.5, 0.6) is 5.75 Å². The van der Waals surface area contributed by atoms with Gasteiger partial charge in [0.05, 0.1) is 19.2 Å². The summed E-state index contributed by atoms with van der Waals surface area (Å²) in [4.78, 5) is 41.7. The number of amides is 4. The Bertz CT molecular complexity index is 1150. The van der Waals surface area contributed by atoms with Gasteiger partial charge in [0, 0.05) is 12.2 Å². The van der Waals surface area contributed by atoms with Gasteiger partial charge < -0.3 is 15.0 Å². The molecule has 4 rings (SSSR count). The third-order valence-electron chi connectivity index (χ3n) is 5.35. The second-order valence-electron chi connectivity index (χ2n) is 7.54. The number of carbonyl (C=O) groups is 3. The van der Waals surface area contributed by atoms with Gasteiger partial charge in [0.2, 0.25) is 5.91 Å². The molecule has 0 aliphatic carbocycles. The summed E-state index contributed by atoms with van der Waals surface area (Å²) < 4.78 is 18.5. The van der Waals surface area contributed by atoms with Gasteiger partial charge in [-0.15, -0.1) is 0 Å². The molecule has 3 aromatic carbocycles. The van der Waals surface area contributed by atoms with Crippen LogP contribution in [0.25, 0.3) is 0 Å². The van der Waals surface area contributed by atoms with Crippen molar-refractivity contribution in [3.05, 3.63) is 90.2 Å². The molecule has 4 amide bonds. The van der Waals surface area contributed by atoms with Crippen molar-refractivity contribution in [2.45, 2.75) is 19.0 Å². The fourth-order valence-corrected chi connectivity index (χ4v) is 3.68. The van der Waals surface area contributed by atoms with Crippen LogP contribution in [-0.2, 0) is 16.1 Å². The summed E-state index contributed by atoms with van der Waals surface area (Å²) in [6.07, 6.45) is -0.215. The van der Waals surface area contributed by atoms with Gasteiger partial charge in [-0.25, -0.2) is 14.1 Å². The highest BCUT2D eigenvalue weighted by Gasteiger charge is 2.46. The molecule has 3 aromatic rings. The predicted octanol–water partition coefficient (Wildman–Crippen LogP) is 4.20. The Morgan fingerprint density at radius 1 is 0.970 bits per heavy atom. The maximum absolute atomic E-state index is 13.3. The van der Waals surface area contributed by atoms with Crippen LogP contribution in [0.1, 0.15) is 12.0 Å². The third-order valence-corrected chi connectivity index (χ3v) is 5.35. The zero-order valence-electron chi connectivity index (χ0n) is 17.9. The SMILES string of the molecule is COc1ccc(N2C(=O)[C@@H](CC(=O)Nc3ccccc3)N(Cc3ccc(F)cc3)C2=O)cc1. The van der Waals surface area contributed by atoms with Gasteiger partial charge in [0.1, 0.15) is 17.6 Å². The van der Waals surface area contributed by atoms with Gasteiger partial charge in [-0.2, -0.15) is 0 Å². The Kier molecular flexibility index (Phi) is 6.35. The van der Waals surface area contributed by atoms with Crippen LogP contribution >= 0.6 is 0 Å². The number of carbonyl (C=O) groups excluding carboxylic acids is 3. The molecule has 1 aliphatic heterocycles. The molecule has 1 heterocycles. The lowest BCUT2D eigenvalue weighted by Gasteiger charge is -2.21. The van der Waals surface area contributed by atoms with Crippen molar-refractivity contribution < 1.29 is 23.5 Å². The fraction of sp³-hybridized carbons (Fsp3) is 0.160. The average molecular weight is 447 g/mol. The Morgan fingerprint density at radius 2 is 1.64 bits per heavy atom. The maximum Gasteiger partial charge on any atom is 0.332 e. The molecule has 0 bridgehead atoms. The van der Waals surface area contributed by atoms with E-state index in [9.17, 15) is 18.8 Å². The van der Waals surface area contributed by atoms with E-state index in [0.29, 0.717) is 22.7 Å². The number of halogens is 1. The number of nitrogens with zero attached hydrogens (tertiary/aromatic N) is 2. The first-order valence-corrected chi connectivity index (χ1v) is 10.3. The third kappa shape index (κ3) is 4.85. The Labute approximate surface area is 190 Å². The summed E-state index contributed by atoms with van der Waals surface area (Å²) in [5, 5.41) is 2.75. The molecule has 8 heteroatoms. The number of nitrogens with one attached hydrogen (secondary N) is 1. The topological polar surface area (TPSA) is 79.0 Å². The number of para-hydroxylation sites is 1. The molecule has 0 spiro atoms. The summed E-state index contributed by atoms with van der Waals surface area (Å²) in [5.74, 6) is -0.718. The highest BCUT2D eigenvalue weighted by molar-refractivity contribution is 6.22. The molecule has 1 aliphatic rings. The molecule has 1 N–H and O–H groups in total. The van der Waals surface area contributed by atoms with Crippen LogP contribution < -0.4 is 15.0 Å². The first-order valence-electron chi connectivity index (χ1n) is 10.3. The number of benzene rings is 3. The lowest BCUT2D eigenvalue weighted by atomic mass is 10.1. The molecule has 1 saturated heterocycles. The van der Waals surface area contributed by atoms with Gasteiger partial charge in [-0.05, 0) is 54.1 Å². The molecule has 0 aromatic heterocycles. The van der Waals surface area contributed by atoms with Gasteiger partial charge >= 0.3 is 6.03 Å². The number of hydrogen-bond acceptors (Lipinski definition) is 4. The van der Waals surface area contributed by atoms with Crippen LogP contribution in [0.2, 0.25) is 0 Å². The van der Waals surface area contributed by atoms with Crippen molar-refractivity contribution in [1.82, 2.24) is 4.90 Å². The summed E-state index contributed by atoms with van der Waals surface area (Å²) in [6, 6.07) is 19.5. The van der Waals surface area contributed by atoms with Crippen molar-refractivity contribution in [2.24, 2.45) is 0 Å². The van der Waals surface area contributed by atoms with Crippen molar-refractivity contribution >= 4 is 29.2 Å². The van der Waals surface area contributed by atoms with Crippen LogP contribution in [0.3, 0.4) is 0 Å². The normalized spacial score (nSPS) is 15.6. The maximum atomic E-state index is 13.3. The average Bonchev–Trinajstić information content (AvgIpc) is 3.05. The minimum Gasteiger partial charge on any atom is -0.497 e. The summed E-state index contributed by atoms with van der Waals surface area (Å²) in [7, 11) is 1.52. The second kappa shape index (κ2) is 9.52. The van der Waals surface area contributed by atoms with E-state index in [1.165, 1.54) is 24.1 Å². The molecular weight excluding hydrogens is 425 g/mol. The van der Waals surface area contributed by atoms with Crippen molar-refractivity contribution in [2.75, 3.05) is 17.3 Å². The standard InChI is InChI=1S/C25H22FN3O4/c1-33-21-13-11-20(12-14-21)29-24(31)22(15-23(30)27-19-5-3-2-4-6-19)28(25(29)32)16-17-7-9-18(26)10-8-17/h2-14,22H,15-16H2,1H3,(H,27,30)/t22-/m1/s1. The van der Waals surface area contributed by atoms with E-state index in [1.807, 2.05) is 6.07 Å². The predicted molar refractivity (Wildman–Crippen MR) is 121 cm³/mol. The Hall–Kier alpha value is -4.20. The van der Waals surface area contributed by atoms with Crippen molar-refractivity contribution in [3.8, 4) is 5.75 Å². The number of methoxy groups -OCH3 is 1. The number of ether oxygens (including phenoxy) is 1. The molecule has 0 saturated carbocycles. The number of rotatable bonds is 7. The smallest absolute Gasteiger partial charge is 0.332 e. The molecule has 7 nitrogen and oxygen atoms in total. The molecule has 1 fully saturated rings. The van der Waals surface area contributed by atoms with Gasteiger partial charge in [0.25, 0.3) is 5.91 Å². The minimum absolute atomic E-state index is 0.0563. The van der Waals surface area contributed by atoms with Gasteiger partial charge in [-0.3, -0.25) is 9.59 Å². The molecule has 1 atom stereocenters. The monoisotopic (exact) mass is 447 g/mol. The van der Waals surface area contributed by atoms with Crippen LogP contribution in [0.4, 0.5) is 20.6 Å². The zero-order chi connectivity index (χ0) is 23.4. The molecule has 0 radical (unpaired) electrons. The lowest BCUT2D eigenvalue weighted by molar-refractivity contribution is -0.124. The second-order valence-corrected chi connectivity index (χ2v) is 7.54. The Morgan fingerprint density at radius 3 is 2.27 bits per heavy atom. The van der Waals surface area contributed by atoms with E-state index in [4.69, 9.17) is 4.74 Å². The number of imide groups is 1. The van der Waals surface area contributed by atoms with Crippen LogP contribution in [0, 0.1) is 5.82 Å². The number of urea groups is 1. The van der Waals surface area contributed by atoms with Crippen LogP contribution in [-0.4, -0.2) is 35.9 Å². The first kappa shape index (κ1) is 22.0. The fourth-order valence-electron chi connectivity index (χ4n) is 3.68. The first-order chi connectivity index (χ1) is 16.0. The molecule has 168 valence electrons. The summed E-state index contributed by atoms with van der Waals surface area (Å²) in [5.41, 5.74) is 1.61. The summed E-state index contributed by atoms with van der Waals surface area (Å²) in [6.45, 7) is 0.0563. The van der Waals surface area contributed by atoms with E-state index in [1.54, 1.807) is 60.7 Å². The Balaban J connectivity index is 1.60. The highest BCUT2D eigenvalue weighted by atomic mass is 19.1. The largest absolute Gasteiger partial charge is 0.497 e. The van der Waals surface area contributed by atoms with Crippen molar-refractivity contribution in [1.29, 1.82) is 0 Å². The minimum atomic E-state index is -1.01. The van der Waals surface area contributed by atoms with E-state index >= 15 is 0 Å². The van der Waals surface area contributed by atoms with E-state index in [2.05, 4.69) is 5.32 Å². The quantitative estimate of drug-likeness (QED) is 0.551. The van der Waals surface area contributed by atoms with E-state index < -0.39 is 29.7 Å². The highest BCUT2D eigenvalue weighted by Crippen LogP contribution is 2.30. The van der Waals surface area contributed by atoms with E-state index in [0.717, 1.165) is 4.90 Å². The van der Waals surface area contributed by atoms with Gasteiger partial charge in [-0.1, -0.05) is 30.3 Å². The number of anilines is 2. The molecular formula is C25H22FN3O4. The molecule has 33 heavy (non-hydrogen) atoms. The summed E-state index contributed by atoms with van der Waals surface area (Å²) >= 11 is 0. The van der Waals surface area contributed by atoms with Crippen LogP contribution in [0.15, 0.2) is 78.9 Å². The van der Waals surface area contributed by atoms with Crippen molar-refractivity contribution in [3.63, 3.8) is 0 Å². The lowest BCUT2D eigenvalue weighted by Crippen LogP contribution is -2.37.